The zero-order chi connectivity index (χ0) is 11.4. The van der Waals surface area contributed by atoms with Gasteiger partial charge in [-0.25, -0.2) is 4.39 Å². The van der Waals surface area contributed by atoms with E-state index < -0.39 is 0 Å². The molecule has 1 aromatic heterocycles. The van der Waals surface area contributed by atoms with Gasteiger partial charge in [0.2, 0.25) is 0 Å². The van der Waals surface area contributed by atoms with Crippen molar-refractivity contribution in [3.8, 4) is 0 Å². The summed E-state index contributed by atoms with van der Waals surface area (Å²) in [5, 5.41) is 7.03. The summed E-state index contributed by atoms with van der Waals surface area (Å²) in [7, 11) is 0. The Hall–Kier alpha value is -1.68. The first-order valence-corrected chi connectivity index (χ1v) is 5.14. The smallest absolute Gasteiger partial charge is 0.124 e. The van der Waals surface area contributed by atoms with Gasteiger partial charge < -0.3 is 9.84 Å². The van der Waals surface area contributed by atoms with Crippen molar-refractivity contribution in [3.05, 3.63) is 53.7 Å². The highest BCUT2D eigenvalue weighted by Crippen LogP contribution is 2.13. The highest BCUT2D eigenvalue weighted by Gasteiger charge is 2.06. The SMILES string of the molecule is CC(NCc1ccon1)c1cccc(F)c1. The van der Waals surface area contributed by atoms with Crippen molar-refractivity contribution in [1.82, 2.24) is 10.5 Å². The standard InChI is InChI=1S/C12H13FN2O/c1-9(10-3-2-4-11(13)7-10)14-8-12-5-6-16-15-12/h2-7,9,14H,8H2,1H3. The molecule has 0 aliphatic carbocycles. The minimum atomic E-state index is -0.215. The average Bonchev–Trinajstić information content (AvgIpc) is 2.78. The van der Waals surface area contributed by atoms with Crippen LogP contribution in [-0.2, 0) is 6.54 Å². The van der Waals surface area contributed by atoms with Crippen LogP contribution in [0, 0.1) is 5.82 Å². The topological polar surface area (TPSA) is 38.1 Å². The van der Waals surface area contributed by atoms with E-state index in [9.17, 15) is 4.39 Å². The predicted octanol–water partition coefficient (Wildman–Crippen LogP) is 2.66. The maximum atomic E-state index is 13.0. The van der Waals surface area contributed by atoms with Crippen molar-refractivity contribution in [3.63, 3.8) is 0 Å². The van der Waals surface area contributed by atoms with Crippen LogP contribution in [0.25, 0.3) is 0 Å². The minimum absolute atomic E-state index is 0.0763. The fourth-order valence-electron chi connectivity index (χ4n) is 1.48. The molecule has 2 aromatic rings. The van der Waals surface area contributed by atoms with Gasteiger partial charge in [0.05, 0.1) is 5.69 Å². The zero-order valence-electron chi connectivity index (χ0n) is 8.98. The first kappa shape index (κ1) is 10.8. The number of benzene rings is 1. The van der Waals surface area contributed by atoms with Crippen LogP contribution >= 0.6 is 0 Å². The molecule has 0 amide bonds. The van der Waals surface area contributed by atoms with Gasteiger partial charge in [0.15, 0.2) is 0 Å². The first-order valence-electron chi connectivity index (χ1n) is 5.14. The number of rotatable bonds is 4. The number of hydrogen-bond acceptors (Lipinski definition) is 3. The Morgan fingerprint density at radius 1 is 1.44 bits per heavy atom. The fraction of sp³-hybridized carbons (Fsp3) is 0.250. The molecule has 2 rings (SSSR count). The summed E-state index contributed by atoms with van der Waals surface area (Å²) in [5.74, 6) is -0.215. The van der Waals surface area contributed by atoms with Crippen LogP contribution in [0.3, 0.4) is 0 Å². The average molecular weight is 220 g/mol. The van der Waals surface area contributed by atoms with Gasteiger partial charge in [0.1, 0.15) is 12.1 Å². The number of nitrogens with zero attached hydrogens (tertiary/aromatic N) is 1. The van der Waals surface area contributed by atoms with Crippen molar-refractivity contribution in [2.45, 2.75) is 19.5 Å². The number of hydrogen-bond donors (Lipinski definition) is 1. The third-order valence-corrected chi connectivity index (χ3v) is 2.43. The van der Waals surface area contributed by atoms with Crippen LogP contribution in [-0.4, -0.2) is 5.16 Å². The second kappa shape index (κ2) is 4.90. The largest absolute Gasteiger partial charge is 0.364 e. The van der Waals surface area contributed by atoms with Gasteiger partial charge in [0, 0.05) is 18.7 Å². The molecule has 4 heteroatoms. The van der Waals surface area contributed by atoms with Crippen LogP contribution in [0.5, 0.6) is 0 Å². The van der Waals surface area contributed by atoms with Crippen LogP contribution in [0.4, 0.5) is 4.39 Å². The van der Waals surface area contributed by atoms with Crippen LogP contribution in [0.2, 0.25) is 0 Å². The summed E-state index contributed by atoms with van der Waals surface area (Å²) < 4.78 is 17.7. The van der Waals surface area contributed by atoms with Gasteiger partial charge in [-0.2, -0.15) is 0 Å². The molecule has 0 radical (unpaired) electrons. The molecule has 0 fully saturated rings. The van der Waals surface area contributed by atoms with Gasteiger partial charge >= 0.3 is 0 Å². The zero-order valence-corrected chi connectivity index (χ0v) is 8.98. The summed E-state index contributed by atoms with van der Waals surface area (Å²) in [5.41, 5.74) is 1.76. The molecule has 1 N–H and O–H groups in total. The predicted molar refractivity (Wildman–Crippen MR) is 58.2 cm³/mol. The lowest BCUT2D eigenvalue weighted by Gasteiger charge is -2.12. The summed E-state index contributed by atoms with van der Waals surface area (Å²) in [6.07, 6.45) is 1.53. The molecule has 1 unspecified atom stereocenters. The molecule has 0 aliphatic rings. The van der Waals surface area contributed by atoms with Crippen LogP contribution < -0.4 is 5.32 Å². The third kappa shape index (κ3) is 2.67. The lowest BCUT2D eigenvalue weighted by atomic mass is 10.1. The van der Waals surface area contributed by atoms with E-state index in [-0.39, 0.29) is 11.9 Å². The maximum absolute atomic E-state index is 13.0. The Labute approximate surface area is 93.3 Å². The van der Waals surface area contributed by atoms with E-state index in [4.69, 9.17) is 4.52 Å². The van der Waals surface area contributed by atoms with Gasteiger partial charge in [-0.05, 0) is 24.6 Å². The molecule has 0 spiro atoms. The van der Waals surface area contributed by atoms with Gasteiger partial charge in [-0.3, -0.25) is 0 Å². The fourth-order valence-corrected chi connectivity index (χ4v) is 1.48. The van der Waals surface area contributed by atoms with E-state index >= 15 is 0 Å². The summed E-state index contributed by atoms with van der Waals surface area (Å²) in [6.45, 7) is 2.59. The molecule has 0 saturated carbocycles. The molecule has 0 aliphatic heterocycles. The van der Waals surface area contributed by atoms with E-state index in [1.807, 2.05) is 13.0 Å². The van der Waals surface area contributed by atoms with E-state index in [0.717, 1.165) is 11.3 Å². The van der Waals surface area contributed by atoms with Crippen molar-refractivity contribution in [1.29, 1.82) is 0 Å². The molecular weight excluding hydrogens is 207 g/mol. The Kier molecular flexibility index (Phi) is 3.31. The van der Waals surface area contributed by atoms with Crippen LogP contribution in [0.1, 0.15) is 24.2 Å². The molecule has 1 atom stereocenters. The van der Waals surface area contributed by atoms with Crippen molar-refractivity contribution in [2.24, 2.45) is 0 Å². The van der Waals surface area contributed by atoms with Gasteiger partial charge in [-0.15, -0.1) is 0 Å². The number of nitrogens with one attached hydrogen (secondary N) is 1. The van der Waals surface area contributed by atoms with Gasteiger partial charge in [-0.1, -0.05) is 17.3 Å². The maximum Gasteiger partial charge on any atom is 0.124 e. The number of aromatic nitrogens is 1. The first-order chi connectivity index (χ1) is 7.75. The van der Waals surface area contributed by atoms with E-state index in [1.54, 1.807) is 12.1 Å². The molecule has 3 nitrogen and oxygen atoms in total. The van der Waals surface area contributed by atoms with E-state index in [2.05, 4.69) is 10.5 Å². The molecule has 16 heavy (non-hydrogen) atoms. The molecule has 0 saturated heterocycles. The lowest BCUT2D eigenvalue weighted by Crippen LogP contribution is -2.18. The highest BCUT2D eigenvalue weighted by atomic mass is 19.1. The quantitative estimate of drug-likeness (QED) is 0.860. The summed E-state index contributed by atoms with van der Waals surface area (Å²) in [6, 6.07) is 8.44. The highest BCUT2D eigenvalue weighted by molar-refractivity contribution is 5.19. The van der Waals surface area contributed by atoms with Crippen molar-refractivity contribution in [2.75, 3.05) is 0 Å². The monoisotopic (exact) mass is 220 g/mol. The number of halogens is 1. The Balaban J connectivity index is 1.95. The third-order valence-electron chi connectivity index (χ3n) is 2.43. The van der Waals surface area contributed by atoms with Crippen molar-refractivity contribution < 1.29 is 8.91 Å². The molecule has 1 heterocycles. The molecule has 1 aromatic carbocycles. The molecular formula is C12H13FN2O. The van der Waals surface area contributed by atoms with E-state index in [1.165, 1.54) is 18.4 Å². The van der Waals surface area contributed by atoms with Crippen molar-refractivity contribution >= 4 is 0 Å². The summed E-state index contributed by atoms with van der Waals surface area (Å²) in [4.78, 5) is 0. The Morgan fingerprint density at radius 3 is 3.00 bits per heavy atom. The minimum Gasteiger partial charge on any atom is -0.364 e. The molecule has 84 valence electrons. The Bertz CT molecular complexity index is 442. The normalized spacial score (nSPS) is 12.6. The second-order valence-corrected chi connectivity index (χ2v) is 3.65. The molecule has 0 bridgehead atoms. The second-order valence-electron chi connectivity index (χ2n) is 3.65. The van der Waals surface area contributed by atoms with Crippen LogP contribution in [0.15, 0.2) is 41.1 Å². The summed E-state index contributed by atoms with van der Waals surface area (Å²) >= 11 is 0. The van der Waals surface area contributed by atoms with E-state index in [0.29, 0.717) is 6.54 Å². The lowest BCUT2D eigenvalue weighted by molar-refractivity contribution is 0.406. The van der Waals surface area contributed by atoms with Gasteiger partial charge in [0.25, 0.3) is 0 Å². The Morgan fingerprint density at radius 2 is 2.31 bits per heavy atom.